The van der Waals surface area contributed by atoms with E-state index in [1.54, 1.807) is 13.8 Å². The lowest BCUT2D eigenvalue weighted by Crippen LogP contribution is -2.37. The lowest BCUT2D eigenvalue weighted by molar-refractivity contribution is -0.170. The van der Waals surface area contributed by atoms with Crippen molar-refractivity contribution >= 4 is 11.9 Å². The van der Waals surface area contributed by atoms with Gasteiger partial charge < -0.3 is 9.47 Å². The molecular weight excluding hydrogens is 268 g/mol. The van der Waals surface area contributed by atoms with Gasteiger partial charge in [-0.05, 0) is 32.6 Å². The summed E-state index contributed by atoms with van der Waals surface area (Å²) in [5.74, 6) is -0.525. The summed E-state index contributed by atoms with van der Waals surface area (Å²) in [5, 5.41) is 0. The van der Waals surface area contributed by atoms with E-state index < -0.39 is 17.4 Å². The number of esters is 2. The van der Waals surface area contributed by atoms with E-state index in [4.69, 9.17) is 9.47 Å². The van der Waals surface area contributed by atoms with Crippen LogP contribution in [0.15, 0.2) is 0 Å². The molecule has 0 aromatic carbocycles. The Hall–Kier alpha value is -1.06. The van der Waals surface area contributed by atoms with Crippen LogP contribution in [-0.4, -0.2) is 25.2 Å². The van der Waals surface area contributed by atoms with Crippen molar-refractivity contribution in [1.82, 2.24) is 0 Å². The Kier molecular flexibility index (Phi) is 10.1. The quantitative estimate of drug-likeness (QED) is 0.327. The molecule has 0 aliphatic rings. The van der Waals surface area contributed by atoms with Crippen LogP contribution in [-0.2, 0) is 19.1 Å². The highest BCUT2D eigenvalue weighted by Crippen LogP contribution is 2.20. The zero-order valence-electron chi connectivity index (χ0n) is 14.4. The van der Waals surface area contributed by atoms with Gasteiger partial charge in [0, 0.05) is 0 Å². The number of unbranched alkanes of at least 4 members (excludes halogenated alkanes) is 4. The Labute approximate surface area is 129 Å². The molecule has 4 nitrogen and oxygen atoms in total. The molecule has 0 aliphatic heterocycles. The number of hydrogen-bond donors (Lipinski definition) is 0. The minimum atomic E-state index is -1.22. The maximum atomic E-state index is 12.0. The van der Waals surface area contributed by atoms with Crippen LogP contribution in [0.25, 0.3) is 0 Å². The highest BCUT2D eigenvalue weighted by Gasteiger charge is 2.39. The van der Waals surface area contributed by atoms with E-state index in [9.17, 15) is 9.59 Å². The topological polar surface area (TPSA) is 52.6 Å². The summed E-state index contributed by atoms with van der Waals surface area (Å²) in [6.45, 7) is 10.1. The van der Waals surface area contributed by atoms with Crippen LogP contribution < -0.4 is 0 Å². The zero-order valence-corrected chi connectivity index (χ0v) is 14.4. The molecule has 0 bridgehead atoms. The van der Waals surface area contributed by atoms with E-state index in [2.05, 4.69) is 20.8 Å². The lowest BCUT2D eigenvalue weighted by atomic mass is 9.94. The average Bonchev–Trinajstić information content (AvgIpc) is 2.41. The van der Waals surface area contributed by atoms with Gasteiger partial charge in [0.1, 0.15) is 0 Å². The molecule has 124 valence electrons. The predicted octanol–water partition coefficient (Wildman–Crippen LogP) is 4.12. The molecule has 0 N–H and O–H groups in total. The Morgan fingerprint density at radius 1 is 0.905 bits per heavy atom. The van der Waals surface area contributed by atoms with Gasteiger partial charge >= 0.3 is 11.9 Å². The summed E-state index contributed by atoms with van der Waals surface area (Å²) in [5.41, 5.74) is -1.22. The minimum absolute atomic E-state index is 0.351. The van der Waals surface area contributed by atoms with Crippen molar-refractivity contribution in [2.24, 2.45) is 11.3 Å². The molecule has 0 saturated carbocycles. The predicted molar refractivity (Wildman–Crippen MR) is 83.9 cm³/mol. The Morgan fingerprint density at radius 3 is 1.95 bits per heavy atom. The van der Waals surface area contributed by atoms with Gasteiger partial charge in [0.05, 0.1) is 13.2 Å². The third-order valence-corrected chi connectivity index (χ3v) is 3.43. The van der Waals surface area contributed by atoms with Crippen molar-refractivity contribution in [3.63, 3.8) is 0 Å². The molecule has 0 radical (unpaired) electrons. The fraction of sp³-hybridized carbons (Fsp3) is 0.882. The Morgan fingerprint density at radius 2 is 1.43 bits per heavy atom. The van der Waals surface area contributed by atoms with Crippen molar-refractivity contribution in [2.45, 2.75) is 73.1 Å². The van der Waals surface area contributed by atoms with Crippen LogP contribution in [0.2, 0.25) is 0 Å². The van der Waals surface area contributed by atoms with Crippen molar-refractivity contribution in [1.29, 1.82) is 0 Å². The summed E-state index contributed by atoms with van der Waals surface area (Å²) in [6, 6.07) is 0. The van der Waals surface area contributed by atoms with Crippen LogP contribution >= 0.6 is 0 Å². The van der Waals surface area contributed by atoms with Crippen molar-refractivity contribution < 1.29 is 19.1 Å². The van der Waals surface area contributed by atoms with Crippen molar-refractivity contribution in [3.05, 3.63) is 0 Å². The number of carbonyl (C=O) groups excluding carboxylic acids is 2. The van der Waals surface area contributed by atoms with Gasteiger partial charge in [0.25, 0.3) is 0 Å². The largest absolute Gasteiger partial charge is 0.465 e. The first kappa shape index (κ1) is 19.9. The van der Waals surface area contributed by atoms with E-state index >= 15 is 0 Å². The summed E-state index contributed by atoms with van der Waals surface area (Å²) in [4.78, 5) is 23.9. The van der Waals surface area contributed by atoms with Gasteiger partial charge in [-0.1, -0.05) is 46.5 Å². The SMILES string of the molecule is CCCCCCCOC(=O)C(C)(C)C(=O)OCCC(C)C. The molecule has 0 unspecified atom stereocenters. The first-order valence-electron chi connectivity index (χ1n) is 8.16. The van der Waals surface area contributed by atoms with Crippen LogP contribution in [0, 0.1) is 11.3 Å². The third kappa shape index (κ3) is 8.74. The van der Waals surface area contributed by atoms with Crippen LogP contribution in [0.5, 0.6) is 0 Å². The molecule has 0 aromatic rings. The highest BCUT2D eigenvalue weighted by molar-refractivity contribution is 5.99. The van der Waals surface area contributed by atoms with Gasteiger partial charge in [-0.25, -0.2) is 0 Å². The van der Waals surface area contributed by atoms with E-state index in [0.29, 0.717) is 19.1 Å². The number of carbonyl (C=O) groups is 2. The smallest absolute Gasteiger partial charge is 0.322 e. The molecule has 0 fully saturated rings. The molecule has 0 atom stereocenters. The monoisotopic (exact) mass is 300 g/mol. The Balaban J connectivity index is 3.99. The maximum absolute atomic E-state index is 12.0. The standard InChI is InChI=1S/C17H32O4/c1-6-7-8-9-10-12-20-15(18)17(4,5)16(19)21-13-11-14(2)3/h14H,6-13H2,1-5H3. The van der Waals surface area contributed by atoms with Gasteiger partial charge in [0.15, 0.2) is 5.41 Å². The second kappa shape index (κ2) is 10.6. The van der Waals surface area contributed by atoms with Gasteiger partial charge in [0.2, 0.25) is 0 Å². The fourth-order valence-corrected chi connectivity index (χ4v) is 1.70. The van der Waals surface area contributed by atoms with Crippen LogP contribution in [0.3, 0.4) is 0 Å². The number of hydrogen-bond acceptors (Lipinski definition) is 4. The van der Waals surface area contributed by atoms with E-state index in [1.165, 1.54) is 12.8 Å². The first-order valence-corrected chi connectivity index (χ1v) is 8.16. The molecular formula is C17H32O4. The molecule has 0 saturated heterocycles. The van der Waals surface area contributed by atoms with Gasteiger partial charge in [-0.2, -0.15) is 0 Å². The molecule has 0 heterocycles. The summed E-state index contributed by atoms with van der Waals surface area (Å²) in [7, 11) is 0. The van der Waals surface area contributed by atoms with Crippen molar-refractivity contribution in [3.8, 4) is 0 Å². The summed E-state index contributed by atoms with van der Waals surface area (Å²) in [6.07, 6.45) is 6.27. The summed E-state index contributed by atoms with van der Waals surface area (Å²) < 4.78 is 10.4. The zero-order chi connectivity index (χ0) is 16.3. The number of rotatable bonds is 11. The van der Waals surface area contributed by atoms with Crippen LogP contribution in [0.4, 0.5) is 0 Å². The van der Waals surface area contributed by atoms with Crippen molar-refractivity contribution in [2.75, 3.05) is 13.2 Å². The lowest BCUT2D eigenvalue weighted by Gasteiger charge is -2.21. The second-order valence-corrected chi connectivity index (χ2v) is 6.49. The normalized spacial score (nSPS) is 11.5. The molecule has 0 aromatic heterocycles. The second-order valence-electron chi connectivity index (χ2n) is 6.49. The Bertz CT molecular complexity index is 308. The molecule has 4 heteroatoms. The molecule has 21 heavy (non-hydrogen) atoms. The fourth-order valence-electron chi connectivity index (χ4n) is 1.70. The first-order chi connectivity index (χ1) is 9.82. The van der Waals surface area contributed by atoms with E-state index in [1.807, 2.05) is 0 Å². The highest BCUT2D eigenvalue weighted by atomic mass is 16.6. The minimum Gasteiger partial charge on any atom is -0.465 e. The van der Waals surface area contributed by atoms with Gasteiger partial charge in [-0.3, -0.25) is 9.59 Å². The molecule has 0 spiro atoms. The number of ether oxygens (including phenoxy) is 2. The van der Waals surface area contributed by atoms with E-state index in [-0.39, 0.29) is 0 Å². The third-order valence-electron chi connectivity index (χ3n) is 3.43. The molecule has 0 rings (SSSR count). The van der Waals surface area contributed by atoms with E-state index in [0.717, 1.165) is 25.7 Å². The van der Waals surface area contributed by atoms with Gasteiger partial charge in [-0.15, -0.1) is 0 Å². The summed E-state index contributed by atoms with van der Waals surface area (Å²) >= 11 is 0. The molecule has 0 amide bonds. The van der Waals surface area contributed by atoms with Crippen LogP contribution in [0.1, 0.15) is 73.1 Å². The molecule has 0 aliphatic carbocycles. The maximum Gasteiger partial charge on any atom is 0.322 e. The average molecular weight is 300 g/mol.